The third-order valence-corrected chi connectivity index (χ3v) is 3.57. The molecule has 0 fully saturated rings. The van der Waals surface area contributed by atoms with Crippen LogP contribution in [0.25, 0.3) is 0 Å². The number of nitrogens with one attached hydrogen (secondary N) is 2. The van der Waals surface area contributed by atoms with E-state index in [4.69, 9.17) is 4.42 Å². The quantitative estimate of drug-likeness (QED) is 0.657. The largest absolute Gasteiger partial charge is 0.469 e. The molecular formula is C16H23N3OS. The zero-order chi connectivity index (χ0) is 15.1. The molecule has 0 unspecified atom stereocenters. The van der Waals surface area contributed by atoms with Crippen LogP contribution in [0.4, 0.5) is 0 Å². The van der Waals surface area contributed by atoms with Crippen LogP contribution in [0.2, 0.25) is 0 Å². The average Bonchev–Trinajstić information content (AvgIpc) is 3.07. The third kappa shape index (κ3) is 6.04. The molecule has 2 heterocycles. The zero-order valence-corrected chi connectivity index (χ0v) is 13.7. The molecule has 0 aliphatic rings. The number of aliphatic imine (C=N–C) groups is 1. The van der Waals surface area contributed by atoms with Gasteiger partial charge in [-0.2, -0.15) is 0 Å². The summed E-state index contributed by atoms with van der Waals surface area (Å²) in [5.41, 5.74) is -0.0219. The highest BCUT2D eigenvalue weighted by Gasteiger charge is 2.12. The molecule has 0 saturated heterocycles. The van der Waals surface area contributed by atoms with Gasteiger partial charge in [-0.25, -0.2) is 4.99 Å². The summed E-state index contributed by atoms with van der Waals surface area (Å²) in [5, 5.41) is 8.85. The lowest BCUT2D eigenvalue weighted by molar-refractivity contribution is 0.492. The van der Waals surface area contributed by atoms with Crippen LogP contribution in [0.3, 0.4) is 0 Å². The topological polar surface area (TPSA) is 49.6 Å². The normalized spacial score (nSPS) is 12.4. The first-order valence-electron chi connectivity index (χ1n) is 7.14. The van der Waals surface area contributed by atoms with Crippen molar-refractivity contribution in [3.05, 3.63) is 46.5 Å². The third-order valence-electron chi connectivity index (χ3n) is 2.71. The highest BCUT2D eigenvalue weighted by Crippen LogP contribution is 2.09. The molecule has 2 rings (SSSR count). The molecule has 114 valence electrons. The van der Waals surface area contributed by atoms with Crippen molar-refractivity contribution in [2.45, 2.75) is 39.3 Å². The SMILES string of the molecule is CC(C)(C)NC(=NCc1cccs1)NCCc1ccco1. The number of hydrogen-bond donors (Lipinski definition) is 2. The fraction of sp³-hybridized carbons (Fsp3) is 0.438. The van der Waals surface area contributed by atoms with Crippen molar-refractivity contribution in [3.8, 4) is 0 Å². The summed E-state index contributed by atoms with van der Waals surface area (Å²) in [4.78, 5) is 5.90. The van der Waals surface area contributed by atoms with Crippen molar-refractivity contribution in [2.75, 3.05) is 6.54 Å². The second-order valence-corrected chi connectivity index (χ2v) is 6.91. The molecule has 2 aromatic rings. The van der Waals surface area contributed by atoms with E-state index < -0.39 is 0 Å². The summed E-state index contributed by atoms with van der Waals surface area (Å²) in [5.74, 6) is 1.82. The van der Waals surface area contributed by atoms with Gasteiger partial charge in [0, 0.05) is 23.4 Å². The van der Waals surface area contributed by atoms with Crippen LogP contribution in [-0.4, -0.2) is 18.0 Å². The Bertz CT molecular complexity index is 539. The van der Waals surface area contributed by atoms with Crippen LogP contribution < -0.4 is 10.6 Å². The van der Waals surface area contributed by atoms with E-state index in [9.17, 15) is 0 Å². The number of thiophene rings is 1. The van der Waals surface area contributed by atoms with Gasteiger partial charge >= 0.3 is 0 Å². The van der Waals surface area contributed by atoms with E-state index in [0.717, 1.165) is 24.7 Å². The second-order valence-electron chi connectivity index (χ2n) is 5.88. The second kappa shape index (κ2) is 7.31. The van der Waals surface area contributed by atoms with Gasteiger partial charge in [0.05, 0.1) is 12.8 Å². The van der Waals surface area contributed by atoms with Gasteiger partial charge in [-0.05, 0) is 44.4 Å². The van der Waals surface area contributed by atoms with E-state index in [2.05, 4.69) is 53.9 Å². The van der Waals surface area contributed by atoms with Gasteiger partial charge in [0.2, 0.25) is 0 Å². The van der Waals surface area contributed by atoms with E-state index in [0.29, 0.717) is 6.54 Å². The lowest BCUT2D eigenvalue weighted by Crippen LogP contribution is -2.48. The molecule has 4 nitrogen and oxygen atoms in total. The van der Waals surface area contributed by atoms with E-state index in [1.165, 1.54) is 4.88 Å². The summed E-state index contributed by atoms with van der Waals surface area (Å²) >= 11 is 1.73. The van der Waals surface area contributed by atoms with Crippen LogP contribution in [-0.2, 0) is 13.0 Å². The summed E-state index contributed by atoms with van der Waals surface area (Å²) in [7, 11) is 0. The van der Waals surface area contributed by atoms with Crippen molar-refractivity contribution in [1.29, 1.82) is 0 Å². The molecule has 0 aliphatic heterocycles. The number of guanidine groups is 1. The molecule has 0 bridgehead atoms. The first-order valence-corrected chi connectivity index (χ1v) is 8.02. The van der Waals surface area contributed by atoms with Gasteiger partial charge in [-0.15, -0.1) is 11.3 Å². The molecule has 0 amide bonds. The maximum Gasteiger partial charge on any atom is 0.192 e. The Morgan fingerprint density at radius 3 is 2.76 bits per heavy atom. The van der Waals surface area contributed by atoms with Crippen LogP contribution in [0.15, 0.2) is 45.3 Å². The summed E-state index contributed by atoms with van der Waals surface area (Å²) in [6.07, 6.45) is 2.55. The molecule has 21 heavy (non-hydrogen) atoms. The lowest BCUT2D eigenvalue weighted by atomic mass is 10.1. The van der Waals surface area contributed by atoms with Gasteiger partial charge in [0.15, 0.2) is 5.96 Å². The van der Waals surface area contributed by atoms with Crippen LogP contribution in [0, 0.1) is 0 Å². The molecule has 0 atom stereocenters. The van der Waals surface area contributed by atoms with Crippen LogP contribution in [0.1, 0.15) is 31.4 Å². The Hall–Kier alpha value is -1.75. The monoisotopic (exact) mass is 305 g/mol. The van der Waals surface area contributed by atoms with Gasteiger partial charge in [-0.3, -0.25) is 0 Å². The molecule has 0 aliphatic carbocycles. The predicted molar refractivity (Wildman–Crippen MR) is 88.8 cm³/mol. The van der Waals surface area contributed by atoms with Gasteiger partial charge < -0.3 is 15.1 Å². The van der Waals surface area contributed by atoms with E-state index >= 15 is 0 Å². The Labute approximate surface area is 130 Å². The van der Waals surface area contributed by atoms with E-state index in [1.807, 2.05) is 12.1 Å². The zero-order valence-electron chi connectivity index (χ0n) is 12.8. The maximum absolute atomic E-state index is 5.34. The van der Waals surface area contributed by atoms with E-state index in [-0.39, 0.29) is 5.54 Å². The number of furan rings is 1. The first kappa shape index (κ1) is 15.6. The molecular weight excluding hydrogens is 282 g/mol. The van der Waals surface area contributed by atoms with Crippen molar-refractivity contribution in [3.63, 3.8) is 0 Å². The van der Waals surface area contributed by atoms with Gasteiger partial charge in [0.25, 0.3) is 0 Å². The first-order chi connectivity index (χ1) is 10.0. The fourth-order valence-corrected chi connectivity index (χ4v) is 2.44. The number of hydrogen-bond acceptors (Lipinski definition) is 3. The minimum absolute atomic E-state index is 0.0219. The Kier molecular flexibility index (Phi) is 5.44. The Morgan fingerprint density at radius 2 is 2.14 bits per heavy atom. The average molecular weight is 305 g/mol. The van der Waals surface area contributed by atoms with Crippen LogP contribution >= 0.6 is 11.3 Å². The standard InChI is InChI=1S/C16H23N3OS/c1-16(2,3)19-15(18-12-14-7-5-11-21-14)17-9-8-13-6-4-10-20-13/h4-7,10-11H,8-9,12H2,1-3H3,(H2,17,18,19). The molecule has 0 radical (unpaired) electrons. The van der Waals surface area contributed by atoms with Crippen molar-refractivity contribution in [2.24, 2.45) is 4.99 Å². The molecule has 0 spiro atoms. The minimum atomic E-state index is -0.0219. The van der Waals surface area contributed by atoms with Gasteiger partial charge in [-0.1, -0.05) is 6.07 Å². The fourth-order valence-electron chi connectivity index (χ4n) is 1.81. The van der Waals surface area contributed by atoms with Crippen molar-refractivity contribution in [1.82, 2.24) is 10.6 Å². The highest BCUT2D eigenvalue weighted by molar-refractivity contribution is 7.09. The number of nitrogens with zero attached hydrogens (tertiary/aromatic N) is 1. The highest BCUT2D eigenvalue weighted by atomic mass is 32.1. The number of rotatable bonds is 5. The van der Waals surface area contributed by atoms with Crippen molar-refractivity contribution < 1.29 is 4.42 Å². The molecule has 0 aromatic carbocycles. The Balaban J connectivity index is 1.89. The van der Waals surface area contributed by atoms with Crippen molar-refractivity contribution >= 4 is 17.3 Å². The summed E-state index contributed by atoms with van der Waals surface area (Å²) < 4.78 is 5.34. The molecule has 2 N–H and O–H groups in total. The molecule has 5 heteroatoms. The summed E-state index contributed by atoms with van der Waals surface area (Å²) in [6.45, 7) is 7.87. The Morgan fingerprint density at radius 1 is 1.29 bits per heavy atom. The maximum atomic E-state index is 5.34. The lowest BCUT2D eigenvalue weighted by Gasteiger charge is -2.24. The van der Waals surface area contributed by atoms with E-state index in [1.54, 1.807) is 17.6 Å². The smallest absolute Gasteiger partial charge is 0.192 e. The van der Waals surface area contributed by atoms with Crippen LogP contribution in [0.5, 0.6) is 0 Å². The predicted octanol–water partition coefficient (Wildman–Crippen LogP) is 3.42. The molecule has 2 aromatic heterocycles. The van der Waals surface area contributed by atoms with Gasteiger partial charge in [0.1, 0.15) is 5.76 Å². The summed E-state index contributed by atoms with van der Waals surface area (Å²) in [6, 6.07) is 8.05. The minimum Gasteiger partial charge on any atom is -0.469 e. The molecule has 0 saturated carbocycles.